The summed E-state index contributed by atoms with van der Waals surface area (Å²) in [4.78, 5) is 27.1. The minimum absolute atomic E-state index is 0.0105. The maximum atomic E-state index is 12.9. The molecule has 0 radical (unpaired) electrons. The number of rotatable bonds is 6. The number of hydrogen-bond donors (Lipinski definition) is 1. The first-order chi connectivity index (χ1) is 12.3. The van der Waals surface area contributed by atoms with Crippen molar-refractivity contribution >= 4 is 27.7 Å². The predicted octanol–water partition coefficient (Wildman–Crippen LogP) is 4.17. The second-order valence-electron chi connectivity index (χ2n) is 6.89. The molecular weight excluding hydrogens is 392 g/mol. The van der Waals surface area contributed by atoms with Crippen molar-refractivity contribution in [3.8, 4) is 0 Å². The lowest BCUT2D eigenvalue weighted by molar-refractivity contribution is -0.133. The molecule has 1 atom stereocenters. The molecule has 138 valence electrons. The number of halogens is 1. The molecule has 0 aliphatic heterocycles. The molecule has 0 heterocycles. The summed E-state index contributed by atoms with van der Waals surface area (Å²) >= 11 is 3.41. The first-order valence-electron chi connectivity index (χ1n) is 8.65. The smallest absolute Gasteiger partial charge is 0.251 e. The highest BCUT2D eigenvalue weighted by Gasteiger charge is 2.27. The first kappa shape index (κ1) is 20.2. The fraction of sp³-hybridized carbons (Fsp3) is 0.333. The van der Waals surface area contributed by atoms with E-state index in [0.29, 0.717) is 12.1 Å². The van der Waals surface area contributed by atoms with Gasteiger partial charge in [-0.1, -0.05) is 59.6 Å². The van der Waals surface area contributed by atoms with Crippen molar-refractivity contribution in [2.45, 2.75) is 33.4 Å². The zero-order chi connectivity index (χ0) is 19.3. The minimum atomic E-state index is -0.566. The van der Waals surface area contributed by atoms with Crippen LogP contribution in [0, 0.1) is 12.8 Å². The van der Waals surface area contributed by atoms with Gasteiger partial charge >= 0.3 is 0 Å². The van der Waals surface area contributed by atoms with Gasteiger partial charge in [0.15, 0.2) is 0 Å². The topological polar surface area (TPSA) is 49.4 Å². The van der Waals surface area contributed by atoms with Crippen molar-refractivity contribution in [1.82, 2.24) is 10.2 Å². The summed E-state index contributed by atoms with van der Waals surface area (Å²) in [5, 5.41) is 2.90. The van der Waals surface area contributed by atoms with E-state index < -0.39 is 6.04 Å². The van der Waals surface area contributed by atoms with Crippen molar-refractivity contribution < 1.29 is 9.59 Å². The average Bonchev–Trinajstić information content (AvgIpc) is 2.60. The van der Waals surface area contributed by atoms with Gasteiger partial charge in [-0.25, -0.2) is 0 Å². The second-order valence-corrected chi connectivity index (χ2v) is 7.80. The van der Waals surface area contributed by atoms with Gasteiger partial charge < -0.3 is 10.2 Å². The van der Waals surface area contributed by atoms with Crippen LogP contribution in [0.5, 0.6) is 0 Å². The second kappa shape index (κ2) is 8.99. The number of nitrogens with zero attached hydrogens (tertiary/aromatic N) is 1. The van der Waals surface area contributed by atoms with Crippen molar-refractivity contribution in [2.75, 3.05) is 7.05 Å². The highest BCUT2D eigenvalue weighted by atomic mass is 79.9. The number of amides is 2. The van der Waals surface area contributed by atoms with Crippen molar-refractivity contribution in [1.29, 1.82) is 0 Å². The summed E-state index contributed by atoms with van der Waals surface area (Å²) in [6.45, 7) is 6.31. The molecule has 2 aromatic carbocycles. The van der Waals surface area contributed by atoms with Crippen LogP contribution in [0.3, 0.4) is 0 Å². The van der Waals surface area contributed by atoms with Crippen LogP contribution >= 0.6 is 15.9 Å². The molecule has 0 spiro atoms. The number of nitrogens with one attached hydrogen (secondary N) is 1. The van der Waals surface area contributed by atoms with Crippen molar-refractivity contribution in [3.63, 3.8) is 0 Å². The fourth-order valence-corrected chi connectivity index (χ4v) is 2.97. The summed E-state index contributed by atoms with van der Waals surface area (Å²) in [5.41, 5.74) is 2.62. The number of hydrogen-bond acceptors (Lipinski definition) is 2. The number of carbonyl (C=O) groups excluding carboxylic acids is 2. The lowest BCUT2D eigenvalue weighted by Crippen LogP contribution is -2.50. The molecule has 1 unspecified atom stereocenters. The Balaban J connectivity index is 2.08. The molecule has 2 rings (SSSR count). The summed E-state index contributed by atoms with van der Waals surface area (Å²) < 4.78 is 1.00. The van der Waals surface area contributed by atoms with Crippen LogP contribution < -0.4 is 5.32 Å². The molecule has 0 aliphatic rings. The highest BCUT2D eigenvalue weighted by Crippen LogP contribution is 2.14. The maximum absolute atomic E-state index is 12.9. The van der Waals surface area contributed by atoms with E-state index in [4.69, 9.17) is 0 Å². The molecule has 0 bridgehead atoms. The van der Waals surface area contributed by atoms with Gasteiger partial charge in [0.2, 0.25) is 5.91 Å². The normalized spacial score (nSPS) is 11.9. The Labute approximate surface area is 163 Å². The Morgan fingerprint density at radius 2 is 1.77 bits per heavy atom. The Morgan fingerprint density at radius 1 is 1.12 bits per heavy atom. The van der Waals surface area contributed by atoms with E-state index in [0.717, 1.165) is 15.6 Å². The van der Waals surface area contributed by atoms with Gasteiger partial charge in [0.05, 0.1) is 0 Å². The summed E-state index contributed by atoms with van der Waals surface area (Å²) in [6, 6.07) is 14.7. The molecule has 0 saturated carbocycles. The van der Waals surface area contributed by atoms with Gasteiger partial charge in [-0.2, -0.15) is 0 Å². The van der Waals surface area contributed by atoms with Gasteiger partial charge in [0.25, 0.3) is 5.91 Å². The lowest BCUT2D eigenvalue weighted by atomic mass is 10.0. The standard InChI is InChI=1S/C21H25BrN2O2/c1-14(2)19(23-20(25)17-7-5-6-15(3)12-17)21(26)24(4)13-16-8-10-18(22)11-9-16/h5-12,14,19H,13H2,1-4H3,(H,23,25). The van der Waals surface area contributed by atoms with Crippen molar-refractivity contribution in [2.24, 2.45) is 5.92 Å². The van der Waals surface area contributed by atoms with Crippen LogP contribution in [0.1, 0.15) is 35.3 Å². The molecule has 2 aromatic rings. The molecule has 5 heteroatoms. The largest absolute Gasteiger partial charge is 0.340 e. The molecule has 4 nitrogen and oxygen atoms in total. The van der Waals surface area contributed by atoms with Crippen LogP contribution in [0.4, 0.5) is 0 Å². The predicted molar refractivity (Wildman–Crippen MR) is 108 cm³/mol. The molecule has 0 saturated heterocycles. The number of carbonyl (C=O) groups is 2. The Bertz CT molecular complexity index is 772. The average molecular weight is 417 g/mol. The van der Waals surface area contributed by atoms with Crippen molar-refractivity contribution in [3.05, 3.63) is 69.7 Å². The Hall–Kier alpha value is -2.14. The SMILES string of the molecule is Cc1cccc(C(=O)NC(C(=O)N(C)Cc2ccc(Br)cc2)C(C)C)c1. The third-order valence-electron chi connectivity index (χ3n) is 4.21. The third kappa shape index (κ3) is 5.43. The van der Waals surface area contributed by atoms with Crippen LogP contribution in [-0.4, -0.2) is 29.8 Å². The van der Waals surface area contributed by atoms with Gasteiger partial charge in [-0.05, 0) is 42.7 Å². The van der Waals surface area contributed by atoms with Crippen LogP contribution in [0.15, 0.2) is 53.0 Å². The fourth-order valence-electron chi connectivity index (χ4n) is 2.70. The number of benzene rings is 2. The lowest BCUT2D eigenvalue weighted by Gasteiger charge is -2.27. The van der Waals surface area contributed by atoms with E-state index in [2.05, 4.69) is 21.2 Å². The Morgan fingerprint density at radius 3 is 2.35 bits per heavy atom. The first-order valence-corrected chi connectivity index (χ1v) is 9.44. The van der Waals surface area contributed by atoms with Gasteiger partial charge in [0.1, 0.15) is 6.04 Å². The molecule has 0 aromatic heterocycles. The Kier molecular flexibility index (Phi) is 6.98. The monoisotopic (exact) mass is 416 g/mol. The van der Waals surface area contributed by atoms with Crippen LogP contribution in [0.2, 0.25) is 0 Å². The van der Waals surface area contributed by atoms with Crippen LogP contribution in [0.25, 0.3) is 0 Å². The summed E-state index contributed by atoms with van der Waals surface area (Å²) in [5.74, 6) is -0.328. The van der Waals surface area contributed by atoms with Gasteiger partial charge in [-0.15, -0.1) is 0 Å². The minimum Gasteiger partial charge on any atom is -0.340 e. The molecule has 2 amide bonds. The third-order valence-corrected chi connectivity index (χ3v) is 4.74. The van der Waals surface area contributed by atoms with Gasteiger partial charge in [-0.3, -0.25) is 9.59 Å². The van der Waals surface area contributed by atoms with Gasteiger partial charge in [0, 0.05) is 23.6 Å². The van der Waals surface area contributed by atoms with E-state index in [9.17, 15) is 9.59 Å². The zero-order valence-electron chi connectivity index (χ0n) is 15.6. The molecule has 26 heavy (non-hydrogen) atoms. The molecule has 0 aliphatic carbocycles. The molecular formula is C21H25BrN2O2. The maximum Gasteiger partial charge on any atom is 0.251 e. The van der Waals surface area contributed by atoms with Crippen LogP contribution in [-0.2, 0) is 11.3 Å². The molecule has 0 fully saturated rings. The number of likely N-dealkylation sites (N-methyl/N-ethyl adjacent to an activating group) is 1. The molecule has 1 N–H and O–H groups in total. The highest BCUT2D eigenvalue weighted by molar-refractivity contribution is 9.10. The van der Waals surface area contributed by atoms with E-state index >= 15 is 0 Å². The van der Waals surface area contributed by atoms with E-state index in [-0.39, 0.29) is 17.7 Å². The quantitative estimate of drug-likeness (QED) is 0.767. The summed E-state index contributed by atoms with van der Waals surface area (Å²) in [7, 11) is 1.76. The number of aryl methyl sites for hydroxylation is 1. The zero-order valence-corrected chi connectivity index (χ0v) is 17.2. The van der Waals surface area contributed by atoms with E-state index in [1.54, 1.807) is 18.0 Å². The van der Waals surface area contributed by atoms with E-state index in [1.165, 1.54) is 0 Å². The van der Waals surface area contributed by atoms with E-state index in [1.807, 2.05) is 63.2 Å². The summed E-state index contributed by atoms with van der Waals surface area (Å²) in [6.07, 6.45) is 0.